The molecule has 1 N–H and O–H groups in total. The van der Waals surface area contributed by atoms with E-state index in [1.54, 1.807) is 11.0 Å². The number of nitrogens with one attached hydrogen (secondary N) is 1. The van der Waals surface area contributed by atoms with Crippen molar-refractivity contribution in [2.75, 3.05) is 32.4 Å². The van der Waals surface area contributed by atoms with Gasteiger partial charge in [0.2, 0.25) is 15.9 Å². The highest BCUT2D eigenvalue weighted by Gasteiger charge is 2.38. The number of hydrogen-bond acceptors (Lipinski definition) is 5. The molecule has 11 heteroatoms. The summed E-state index contributed by atoms with van der Waals surface area (Å²) in [5, 5.41) is 2.56. The first-order valence-corrected chi connectivity index (χ1v) is 11.1. The van der Waals surface area contributed by atoms with E-state index in [0.717, 1.165) is 11.2 Å². The van der Waals surface area contributed by atoms with Crippen LogP contribution in [-0.2, 0) is 26.2 Å². The zero-order valence-electron chi connectivity index (χ0n) is 16.0. The number of halogens is 1. The van der Waals surface area contributed by atoms with Gasteiger partial charge in [0, 0.05) is 32.6 Å². The predicted molar refractivity (Wildman–Crippen MR) is 102 cm³/mol. The van der Waals surface area contributed by atoms with Crippen molar-refractivity contribution in [3.05, 3.63) is 35.6 Å². The van der Waals surface area contributed by atoms with E-state index in [1.165, 1.54) is 22.5 Å². The van der Waals surface area contributed by atoms with Gasteiger partial charge in [-0.05, 0) is 24.1 Å². The molecule has 1 atom stereocenters. The third-order valence-electron chi connectivity index (χ3n) is 5.04. The standard InChI is InChI=1S/C18H23FN4O5S/c1-29(27,28)22-9-7-21(8-10-22)16(24)6-5-15-17(25)23(18(26)20-15)12-13-3-2-4-14(19)11-13/h2-4,11,15H,5-10,12H2,1H3,(H,20,26)/t15-/m0/s1. The first kappa shape index (κ1) is 21.2. The summed E-state index contributed by atoms with van der Waals surface area (Å²) in [4.78, 5) is 39.6. The molecule has 158 valence electrons. The Morgan fingerprint density at radius 3 is 2.52 bits per heavy atom. The molecule has 2 aliphatic rings. The van der Waals surface area contributed by atoms with E-state index in [4.69, 9.17) is 0 Å². The van der Waals surface area contributed by atoms with Crippen LogP contribution in [-0.4, -0.2) is 78.8 Å². The van der Waals surface area contributed by atoms with Crippen LogP contribution in [0.5, 0.6) is 0 Å². The van der Waals surface area contributed by atoms with Crippen LogP contribution in [0.2, 0.25) is 0 Å². The number of sulfonamides is 1. The van der Waals surface area contributed by atoms with Crippen molar-refractivity contribution >= 4 is 27.9 Å². The Labute approximate surface area is 168 Å². The Morgan fingerprint density at radius 2 is 1.90 bits per heavy atom. The van der Waals surface area contributed by atoms with Gasteiger partial charge in [-0.3, -0.25) is 14.5 Å². The minimum absolute atomic E-state index is 0.0413. The average Bonchev–Trinajstić information content (AvgIpc) is 2.93. The molecule has 0 spiro atoms. The monoisotopic (exact) mass is 426 g/mol. The Balaban J connectivity index is 1.50. The molecule has 2 aliphatic heterocycles. The molecule has 1 aromatic carbocycles. The Bertz CT molecular complexity index is 915. The van der Waals surface area contributed by atoms with Crippen LogP contribution in [0.15, 0.2) is 24.3 Å². The molecule has 2 fully saturated rings. The van der Waals surface area contributed by atoms with Gasteiger partial charge in [-0.15, -0.1) is 0 Å². The molecule has 29 heavy (non-hydrogen) atoms. The van der Waals surface area contributed by atoms with E-state index in [-0.39, 0.29) is 38.4 Å². The summed E-state index contributed by atoms with van der Waals surface area (Å²) in [5.41, 5.74) is 0.494. The fourth-order valence-electron chi connectivity index (χ4n) is 3.44. The van der Waals surface area contributed by atoms with Crippen LogP contribution in [0.25, 0.3) is 0 Å². The SMILES string of the molecule is CS(=O)(=O)N1CCN(C(=O)CC[C@@H]2NC(=O)N(Cc3cccc(F)c3)C2=O)CC1. The number of nitrogens with zero attached hydrogens (tertiary/aromatic N) is 3. The molecule has 0 radical (unpaired) electrons. The molecule has 2 heterocycles. The number of carbonyl (C=O) groups excluding carboxylic acids is 3. The van der Waals surface area contributed by atoms with E-state index in [2.05, 4.69) is 5.32 Å². The lowest BCUT2D eigenvalue weighted by Gasteiger charge is -2.33. The zero-order valence-corrected chi connectivity index (χ0v) is 16.8. The first-order chi connectivity index (χ1) is 13.6. The van der Waals surface area contributed by atoms with Crippen molar-refractivity contribution in [3.8, 4) is 0 Å². The molecular weight excluding hydrogens is 403 g/mol. The van der Waals surface area contributed by atoms with Gasteiger partial charge in [-0.1, -0.05) is 12.1 Å². The number of urea groups is 1. The van der Waals surface area contributed by atoms with Crippen molar-refractivity contribution in [2.24, 2.45) is 0 Å². The van der Waals surface area contributed by atoms with Crippen LogP contribution in [0, 0.1) is 5.82 Å². The summed E-state index contributed by atoms with van der Waals surface area (Å²) in [6, 6.07) is 4.28. The van der Waals surface area contributed by atoms with Gasteiger partial charge in [0.25, 0.3) is 5.91 Å². The summed E-state index contributed by atoms with van der Waals surface area (Å²) in [7, 11) is -3.27. The zero-order chi connectivity index (χ0) is 21.2. The first-order valence-electron chi connectivity index (χ1n) is 9.24. The maximum Gasteiger partial charge on any atom is 0.325 e. The summed E-state index contributed by atoms with van der Waals surface area (Å²) in [5.74, 6) is -1.09. The van der Waals surface area contributed by atoms with Crippen molar-refractivity contribution < 1.29 is 27.2 Å². The average molecular weight is 426 g/mol. The molecule has 0 saturated carbocycles. The molecule has 0 aliphatic carbocycles. The van der Waals surface area contributed by atoms with Crippen LogP contribution >= 0.6 is 0 Å². The topological polar surface area (TPSA) is 107 Å². The Morgan fingerprint density at radius 1 is 1.21 bits per heavy atom. The minimum atomic E-state index is -3.27. The van der Waals surface area contributed by atoms with E-state index in [9.17, 15) is 27.2 Å². The van der Waals surface area contributed by atoms with Gasteiger partial charge in [-0.2, -0.15) is 4.31 Å². The molecule has 1 aromatic rings. The van der Waals surface area contributed by atoms with E-state index in [1.807, 2.05) is 0 Å². The van der Waals surface area contributed by atoms with Crippen molar-refractivity contribution in [1.29, 1.82) is 0 Å². The predicted octanol–water partition coefficient (Wildman–Crippen LogP) is 0.130. The normalized spacial score (nSPS) is 20.8. The lowest BCUT2D eigenvalue weighted by Crippen LogP contribution is -2.50. The number of amides is 4. The second-order valence-corrected chi connectivity index (χ2v) is 9.12. The fourth-order valence-corrected chi connectivity index (χ4v) is 4.26. The Kier molecular flexibility index (Phi) is 6.18. The van der Waals surface area contributed by atoms with Gasteiger partial charge >= 0.3 is 6.03 Å². The number of rotatable bonds is 6. The molecule has 3 rings (SSSR count). The lowest BCUT2D eigenvalue weighted by molar-refractivity contribution is -0.133. The van der Waals surface area contributed by atoms with E-state index < -0.39 is 33.8 Å². The highest BCUT2D eigenvalue weighted by atomic mass is 32.2. The van der Waals surface area contributed by atoms with E-state index >= 15 is 0 Å². The van der Waals surface area contributed by atoms with Crippen molar-refractivity contribution in [1.82, 2.24) is 19.4 Å². The number of hydrogen-bond donors (Lipinski definition) is 1. The van der Waals surface area contributed by atoms with Gasteiger partial charge < -0.3 is 10.2 Å². The molecule has 0 unspecified atom stereocenters. The highest BCUT2D eigenvalue weighted by molar-refractivity contribution is 7.88. The number of carbonyl (C=O) groups is 3. The van der Waals surface area contributed by atoms with E-state index in [0.29, 0.717) is 18.7 Å². The third kappa shape index (κ3) is 5.10. The third-order valence-corrected chi connectivity index (χ3v) is 6.35. The minimum Gasteiger partial charge on any atom is -0.340 e. The van der Waals surface area contributed by atoms with Crippen LogP contribution < -0.4 is 5.32 Å². The summed E-state index contributed by atoms with van der Waals surface area (Å²) < 4.78 is 37.7. The van der Waals surface area contributed by atoms with Crippen molar-refractivity contribution in [2.45, 2.75) is 25.4 Å². The number of imide groups is 1. The molecule has 9 nitrogen and oxygen atoms in total. The highest BCUT2D eigenvalue weighted by Crippen LogP contribution is 2.17. The quantitative estimate of drug-likeness (QED) is 0.651. The van der Waals surface area contributed by atoms with Gasteiger partial charge in [0.1, 0.15) is 11.9 Å². The maximum atomic E-state index is 13.3. The van der Waals surface area contributed by atoms with Crippen LogP contribution in [0.4, 0.5) is 9.18 Å². The maximum absolute atomic E-state index is 13.3. The Hall–Kier alpha value is -2.53. The number of piperazine rings is 1. The fraction of sp³-hybridized carbons (Fsp3) is 0.500. The second-order valence-electron chi connectivity index (χ2n) is 7.14. The molecule has 2 saturated heterocycles. The van der Waals surface area contributed by atoms with Gasteiger partial charge in [0.15, 0.2) is 0 Å². The second kappa shape index (κ2) is 8.46. The lowest BCUT2D eigenvalue weighted by atomic mass is 10.1. The molecule has 0 aromatic heterocycles. The van der Waals surface area contributed by atoms with Gasteiger partial charge in [0.05, 0.1) is 12.8 Å². The van der Waals surface area contributed by atoms with Crippen LogP contribution in [0.1, 0.15) is 18.4 Å². The molecular formula is C18H23FN4O5S. The summed E-state index contributed by atoms with van der Waals surface area (Å²) in [6.45, 7) is 1.03. The van der Waals surface area contributed by atoms with Crippen LogP contribution in [0.3, 0.4) is 0 Å². The smallest absolute Gasteiger partial charge is 0.325 e. The van der Waals surface area contributed by atoms with Crippen molar-refractivity contribution in [3.63, 3.8) is 0 Å². The molecule has 4 amide bonds. The molecule has 0 bridgehead atoms. The summed E-state index contributed by atoms with van der Waals surface area (Å²) >= 11 is 0. The van der Waals surface area contributed by atoms with Gasteiger partial charge in [-0.25, -0.2) is 17.6 Å². The largest absolute Gasteiger partial charge is 0.340 e. The summed E-state index contributed by atoms with van der Waals surface area (Å²) in [6.07, 6.45) is 1.34. The number of benzene rings is 1.